The van der Waals surface area contributed by atoms with E-state index < -0.39 is 0 Å². The first-order valence-electron chi connectivity index (χ1n) is 25.6. The lowest BCUT2D eigenvalue weighted by molar-refractivity contribution is -0.149. The highest BCUT2D eigenvalue weighted by atomic mass is 16.5. The zero-order valence-electron chi connectivity index (χ0n) is 42.8. The first kappa shape index (κ1) is 52.7. The third-order valence-electron chi connectivity index (χ3n) is 13.8. The van der Waals surface area contributed by atoms with Crippen LogP contribution < -0.4 is 16.0 Å². The van der Waals surface area contributed by atoms with E-state index >= 15 is 0 Å². The number of likely N-dealkylation sites (tertiary alicyclic amines) is 2. The highest BCUT2D eigenvalue weighted by molar-refractivity contribution is 5.79. The van der Waals surface area contributed by atoms with Gasteiger partial charge in [0.15, 0.2) is 0 Å². The summed E-state index contributed by atoms with van der Waals surface area (Å²) in [6, 6.07) is 16.9. The van der Waals surface area contributed by atoms with Crippen molar-refractivity contribution in [2.24, 2.45) is 14.1 Å². The van der Waals surface area contributed by atoms with Crippen LogP contribution in [0, 0.1) is 0 Å². The predicted molar refractivity (Wildman–Crippen MR) is 284 cm³/mol. The van der Waals surface area contributed by atoms with Gasteiger partial charge in [0.1, 0.15) is 0 Å². The standard InChI is InChI=1S/C28H37N7O2.C26H33N7O2.CH4/c1-5-34-11-9-20(13-27(36)35-17-24(18-35)37-19(2)3)25-7-6-21(12-22(25)15-34)26-8-10-29-28(32-26)31-23-14-30-33(4)16-23;1-17(2)35-22-15-33(16-22)25(34)11-18-6-8-27-12-20-10-19(4-5-23(18)20)24-7-9-28-26(31-24)30-21-13-29-32(3)14-21;/h6-8,10,12,14,16,19-20,24H,5,9,11,13,15,17-18H2,1-4H3,(H,29,31,32);4-5,7,9-10,13-14,17-18,22,27H,6,8,11-12,15-16H2,1-3H3,(H,28,30,31);1H4. The van der Waals surface area contributed by atoms with E-state index in [0.717, 1.165) is 79.5 Å². The lowest BCUT2D eigenvalue weighted by atomic mass is 9.88. The second-order valence-corrected chi connectivity index (χ2v) is 20.0. The van der Waals surface area contributed by atoms with Gasteiger partial charge in [0.25, 0.3) is 0 Å². The van der Waals surface area contributed by atoms with Crippen molar-refractivity contribution in [2.45, 2.75) is 117 Å². The number of fused-ring (bicyclic) bond motifs is 2. The number of anilines is 4. The molecule has 4 aliphatic heterocycles. The molecule has 3 N–H and O–H groups in total. The number of carbonyl (C=O) groups is 2. The second kappa shape index (κ2) is 24.0. The maximum absolute atomic E-state index is 13.1. The Bertz CT molecular complexity index is 2800. The molecule has 8 heterocycles. The molecular formula is C55H74N14O4. The van der Waals surface area contributed by atoms with Crippen molar-refractivity contribution >= 4 is 35.1 Å². The van der Waals surface area contributed by atoms with Crippen LogP contribution in [0.15, 0.2) is 85.7 Å². The maximum atomic E-state index is 13.1. The number of benzene rings is 2. The van der Waals surface area contributed by atoms with Crippen LogP contribution in [0.2, 0.25) is 0 Å². The van der Waals surface area contributed by atoms with Crippen molar-refractivity contribution in [3.63, 3.8) is 0 Å². The zero-order valence-corrected chi connectivity index (χ0v) is 42.8. The Morgan fingerprint density at radius 1 is 0.699 bits per heavy atom. The number of aryl methyl sites for hydroxylation is 2. The molecule has 2 aromatic carbocycles. The normalized spacial score (nSPS) is 18.0. The summed E-state index contributed by atoms with van der Waals surface area (Å²) in [5.41, 5.74) is 10.5. The van der Waals surface area contributed by atoms with Gasteiger partial charge in [-0.05, 0) is 119 Å². The van der Waals surface area contributed by atoms with Gasteiger partial charge in [-0.3, -0.25) is 23.9 Å². The van der Waals surface area contributed by atoms with Crippen molar-refractivity contribution in [2.75, 3.05) is 56.4 Å². The Hall–Kier alpha value is -6.60. The molecule has 388 valence electrons. The van der Waals surface area contributed by atoms with Crippen LogP contribution in [0.4, 0.5) is 23.3 Å². The number of rotatable bonds is 15. The summed E-state index contributed by atoms with van der Waals surface area (Å²) >= 11 is 0. The number of amides is 2. The van der Waals surface area contributed by atoms with E-state index in [1.54, 1.807) is 34.2 Å². The van der Waals surface area contributed by atoms with Crippen LogP contribution in [0.5, 0.6) is 0 Å². The third-order valence-corrected chi connectivity index (χ3v) is 13.8. The molecule has 2 unspecified atom stereocenters. The monoisotopic (exact) mass is 995 g/mol. The van der Waals surface area contributed by atoms with E-state index in [2.05, 4.69) is 84.3 Å². The second-order valence-electron chi connectivity index (χ2n) is 20.0. The number of ether oxygens (including phenoxy) is 2. The highest BCUT2D eigenvalue weighted by Gasteiger charge is 2.35. The largest absolute Gasteiger partial charge is 0.372 e. The molecule has 0 radical (unpaired) electrons. The smallest absolute Gasteiger partial charge is 0.227 e. The summed E-state index contributed by atoms with van der Waals surface area (Å²) in [5, 5.41) is 18.3. The zero-order chi connectivity index (χ0) is 50.3. The molecule has 10 rings (SSSR count). The van der Waals surface area contributed by atoms with Gasteiger partial charge in [-0.1, -0.05) is 38.6 Å². The molecule has 2 atom stereocenters. The quantitative estimate of drug-likeness (QED) is 0.0905. The number of nitrogens with one attached hydrogen (secondary N) is 3. The van der Waals surface area contributed by atoms with Crippen molar-refractivity contribution in [3.8, 4) is 22.5 Å². The molecule has 0 bridgehead atoms. The van der Waals surface area contributed by atoms with Gasteiger partial charge in [0.05, 0.1) is 59.6 Å². The molecule has 73 heavy (non-hydrogen) atoms. The summed E-state index contributed by atoms with van der Waals surface area (Å²) in [6.07, 6.45) is 14.5. The third kappa shape index (κ3) is 13.5. The average molecular weight is 995 g/mol. The van der Waals surface area contributed by atoms with Crippen LogP contribution in [0.25, 0.3) is 22.5 Å². The number of hydrogen-bond acceptors (Lipinski definition) is 14. The molecule has 2 fully saturated rings. The lowest BCUT2D eigenvalue weighted by Crippen LogP contribution is -2.55. The molecular weight excluding hydrogens is 921 g/mol. The van der Waals surface area contributed by atoms with Gasteiger partial charge in [-0.2, -0.15) is 10.2 Å². The molecule has 6 aromatic rings. The topological polar surface area (TPSA) is 186 Å². The van der Waals surface area contributed by atoms with Gasteiger partial charge >= 0.3 is 0 Å². The Morgan fingerprint density at radius 2 is 1.19 bits per heavy atom. The average Bonchev–Trinajstić information content (AvgIpc) is 3.83. The minimum Gasteiger partial charge on any atom is -0.372 e. The summed E-state index contributed by atoms with van der Waals surface area (Å²) < 4.78 is 15.1. The Morgan fingerprint density at radius 3 is 1.67 bits per heavy atom. The molecule has 4 aromatic heterocycles. The number of hydrogen-bond donors (Lipinski definition) is 3. The first-order chi connectivity index (χ1) is 34.8. The first-order valence-corrected chi connectivity index (χ1v) is 25.6. The van der Waals surface area contributed by atoms with E-state index in [1.807, 2.05) is 76.1 Å². The lowest BCUT2D eigenvalue weighted by Gasteiger charge is -2.40. The molecule has 0 saturated carbocycles. The Kier molecular flexibility index (Phi) is 17.3. The number of aromatic nitrogens is 8. The molecule has 2 amide bonds. The van der Waals surface area contributed by atoms with Gasteiger partial charge in [0.2, 0.25) is 23.7 Å². The van der Waals surface area contributed by atoms with Crippen LogP contribution in [-0.4, -0.2) is 136 Å². The van der Waals surface area contributed by atoms with E-state index in [1.165, 1.54) is 22.3 Å². The van der Waals surface area contributed by atoms with Gasteiger partial charge in [-0.25, -0.2) is 19.9 Å². The fraction of sp³-hybridized carbons (Fsp3) is 0.491. The van der Waals surface area contributed by atoms with Crippen LogP contribution >= 0.6 is 0 Å². The molecule has 18 heteroatoms. The van der Waals surface area contributed by atoms with Crippen LogP contribution in [-0.2, 0) is 46.2 Å². The van der Waals surface area contributed by atoms with E-state index in [0.29, 0.717) is 50.9 Å². The summed E-state index contributed by atoms with van der Waals surface area (Å²) in [6.45, 7) is 17.7. The van der Waals surface area contributed by atoms with Crippen molar-refractivity contribution in [1.82, 2.24) is 59.5 Å². The number of carbonyl (C=O) groups excluding carboxylic acids is 2. The molecule has 18 nitrogen and oxygen atoms in total. The molecule has 4 aliphatic rings. The van der Waals surface area contributed by atoms with Crippen molar-refractivity contribution in [3.05, 3.63) is 108 Å². The molecule has 0 aliphatic carbocycles. The summed E-state index contributed by atoms with van der Waals surface area (Å²) in [7, 11) is 3.74. The summed E-state index contributed by atoms with van der Waals surface area (Å²) in [5.74, 6) is 1.94. The molecule has 2 saturated heterocycles. The van der Waals surface area contributed by atoms with Gasteiger partial charge in [0, 0.05) is 102 Å². The van der Waals surface area contributed by atoms with Gasteiger partial charge in [-0.15, -0.1) is 0 Å². The Labute approximate surface area is 430 Å². The van der Waals surface area contributed by atoms with E-state index in [-0.39, 0.29) is 55.5 Å². The number of nitrogens with zero attached hydrogens (tertiary/aromatic N) is 11. The highest BCUT2D eigenvalue weighted by Crippen LogP contribution is 2.36. The van der Waals surface area contributed by atoms with Crippen LogP contribution in [0.3, 0.4) is 0 Å². The maximum Gasteiger partial charge on any atom is 0.227 e. The minimum absolute atomic E-state index is 0. The van der Waals surface area contributed by atoms with Gasteiger partial charge < -0.3 is 35.2 Å². The summed E-state index contributed by atoms with van der Waals surface area (Å²) in [4.78, 5) is 50.6. The van der Waals surface area contributed by atoms with E-state index in [4.69, 9.17) is 19.4 Å². The minimum atomic E-state index is 0. The van der Waals surface area contributed by atoms with Crippen molar-refractivity contribution < 1.29 is 19.1 Å². The van der Waals surface area contributed by atoms with Crippen molar-refractivity contribution in [1.29, 1.82) is 0 Å². The fourth-order valence-corrected chi connectivity index (χ4v) is 10.1. The fourth-order valence-electron chi connectivity index (χ4n) is 10.1. The SMILES string of the molecule is C.CC(C)OC1CN(C(=O)CC2CCNCc3cc(-c4ccnc(Nc5cnn(C)c5)n4)ccc32)C1.CCN1CCC(CC(=O)N2CC(OC(C)C)C2)c2ccc(-c3ccnc(Nc4cnn(C)c4)n3)cc2C1. The Balaban J connectivity index is 0.000000192. The molecule has 0 spiro atoms. The van der Waals surface area contributed by atoms with Crippen LogP contribution in [0.1, 0.15) is 102 Å². The van der Waals surface area contributed by atoms with E-state index in [9.17, 15) is 9.59 Å². The predicted octanol–water partition coefficient (Wildman–Crippen LogP) is 7.82.